The Morgan fingerprint density at radius 3 is 2.71 bits per heavy atom. The van der Waals surface area contributed by atoms with Crippen molar-refractivity contribution in [3.8, 4) is 0 Å². The summed E-state index contributed by atoms with van der Waals surface area (Å²) < 4.78 is 5.38. The van der Waals surface area contributed by atoms with Crippen LogP contribution in [-0.4, -0.2) is 66.3 Å². The average Bonchev–Trinajstić information content (AvgIpc) is 2.91. The van der Waals surface area contributed by atoms with Gasteiger partial charge < -0.3 is 19.6 Å². The van der Waals surface area contributed by atoms with Gasteiger partial charge in [-0.1, -0.05) is 0 Å². The topological polar surface area (TPSA) is 78.8 Å². The summed E-state index contributed by atoms with van der Waals surface area (Å²) in [6.45, 7) is 3.38. The largest absolute Gasteiger partial charge is 0.480 e. The van der Waals surface area contributed by atoms with E-state index in [1.54, 1.807) is 19.4 Å². The number of nitrogens with zero attached hydrogens (tertiary/aromatic N) is 4. The molecule has 0 aliphatic carbocycles. The van der Waals surface area contributed by atoms with Crippen molar-refractivity contribution in [1.29, 1.82) is 0 Å². The van der Waals surface area contributed by atoms with Crippen molar-refractivity contribution in [2.75, 3.05) is 45.3 Å². The lowest BCUT2D eigenvalue weighted by Gasteiger charge is -2.20. The number of carbonyl (C=O) groups is 1. The average molecular weight is 294 g/mol. The third-order valence-electron chi connectivity index (χ3n) is 3.45. The molecule has 1 atom stereocenters. The van der Waals surface area contributed by atoms with Crippen molar-refractivity contribution in [1.82, 2.24) is 14.9 Å². The van der Waals surface area contributed by atoms with Gasteiger partial charge >= 0.3 is 5.97 Å². The fourth-order valence-electron chi connectivity index (χ4n) is 2.44. The Kier molecular flexibility index (Phi) is 5.46. The minimum atomic E-state index is -0.899. The third kappa shape index (κ3) is 4.95. The Morgan fingerprint density at radius 2 is 2.14 bits per heavy atom. The van der Waals surface area contributed by atoms with Crippen LogP contribution in [0.3, 0.4) is 0 Å². The van der Waals surface area contributed by atoms with Crippen molar-refractivity contribution in [2.45, 2.75) is 13.0 Å². The van der Waals surface area contributed by atoms with Crippen LogP contribution in [0.5, 0.6) is 0 Å². The van der Waals surface area contributed by atoms with E-state index in [9.17, 15) is 4.79 Å². The molecule has 7 heteroatoms. The second-order valence-corrected chi connectivity index (χ2v) is 5.57. The van der Waals surface area contributed by atoms with E-state index in [0.717, 1.165) is 38.3 Å². The van der Waals surface area contributed by atoms with Crippen LogP contribution in [0, 0.1) is 5.92 Å². The zero-order valence-electron chi connectivity index (χ0n) is 12.5. The molecule has 0 spiro atoms. The lowest BCUT2D eigenvalue weighted by Crippen LogP contribution is -2.27. The second-order valence-electron chi connectivity index (χ2n) is 5.57. The van der Waals surface area contributed by atoms with E-state index in [2.05, 4.69) is 21.9 Å². The first-order valence-corrected chi connectivity index (χ1v) is 7.04. The lowest BCUT2D eigenvalue weighted by atomic mass is 10.1. The Bertz CT molecular complexity index is 460. The fourth-order valence-corrected chi connectivity index (χ4v) is 2.44. The van der Waals surface area contributed by atoms with Gasteiger partial charge in [-0.3, -0.25) is 4.79 Å². The normalized spacial score (nSPS) is 18.1. The highest BCUT2D eigenvalue weighted by molar-refractivity contribution is 5.72. The molecule has 1 unspecified atom stereocenters. The van der Waals surface area contributed by atoms with Crippen molar-refractivity contribution in [3.63, 3.8) is 0 Å². The maximum absolute atomic E-state index is 10.6. The predicted molar refractivity (Wildman–Crippen MR) is 78.2 cm³/mol. The molecule has 21 heavy (non-hydrogen) atoms. The quantitative estimate of drug-likeness (QED) is 0.783. The van der Waals surface area contributed by atoms with Crippen molar-refractivity contribution < 1.29 is 14.6 Å². The summed E-state index contributed by atoms with van der Waals surface area (Å²) in [7, 11) is 3.73. The molecule has 1 saturated heterocycles. The van der Waals surface area contributed by atoms with E-state index in [1.165, 1.54) is 4.90 Å². The summed E-state index contributed by atoms with van der Waals surface area (Å²) in [6, 6.07) is 0. The summed E-state index contributed by atoms with van der Waals surface area (Å²) in [5.74, 6) is 0.133. The Balaban J connectivity index is 1.85. The van der Waals surface area contributed by atoms with E-state index in [4.69, 9.17) is 9.84 Å². The van der Waals surface area contributed by atoms with Crippen LogP contribution in [0.15, 0.2) is 12.4 Å². The number of hydrogen-bond donors (Lipinski definition) is 1. The van der Waals surface area contributed by atoms with Crippen molar-refractivity contribution in [3.05, 3.63) is 18.0 Å². The summed E-state index contributed by atoms with van der Waals surface area (Å²) in [5, 5.41) is 8.74. The summed E-state index contributed by atoms with van der Waals surface area (Å²) >= 11 is 0. The maximum Gasteiger partial charge on any atom is 0.323 e. The molecule has 0 saturated carbocycles. The molecule has 0 aromatic carbocycles. The van der Waals surface area contributed by atoms with Crippen molar-refractivity contribution >= 4 is 11.9 Å². The highest BCUT2D eigenvalue weighted by Crippen LogP contribution is 2.14. The number of carboxylic acids is 1. The van der Waals surface area contributed by atoms with Gasteiger partial charge in [-0.2, -0.15) is 0 Å². The van der Waals surface area contributed by atoms with Gasteiger partial charge in [0.05, 0.1) is 6.61 Å². The molecule has 2 heterocycles. The predicted octanol–water partition coefficient (Wildman–Crippen LogP) is 0.466. The highest BCUT2D eigenvalue weighted by atomic mass is 16.5. The molecule has 1 fully saturated rings. The Hall–Kier alpha value is -1.73. The van der Waals surface area contributed by atoms with Gasteiger partial charge in [0, 0.05) is 44.7 Å². The van der Waals surface area contributed by atoms with Crippen LogP contribution in [0.1, 0.15) is 12.0 Å². The smallest absolute Gasteiger partial charge is 0.323 e. The number of anilines is 1. The monoisotopic (exact) mass is 294 g/mol. The molecule has 7 nitrogen and oxygen atoms in total. The molecular weight excluding hydrogens is 272 g/mol. The molecule has 0 amide bonds. The van der Waals surface area contributed by atoms with Gasteiger partial charge in [0.1, 0.15) is 6.54 Å². The van der Waals surface area contributed by atoms with Gasteiger partial charge in [-0.15, -0.1) is 0 Å². The molecule has 1 aromatic heterocycles. The number of likely N-dealkylation sites (N-methyl/N-ethyl adjacent to an activating group) is 1. The van der Waals surface area contributed by atoms with E-state index in [1.807, 2.05) is 0 Å². The van der Waals surface area contributed by atoms with Gasteiger partial charge in [0.25, 0.3) is 0 Å². The molecule has 1 aliphatic heterocycles. The summed E-state index contributed by atoms with van der Waals surface area (Å²) in [6.07, 6.45) is 4.63. The molecule has 2 rings (SSSR count). The van der Waals surface area contributed by atoms with Gasteiger partial charge in [0.15, 0.2) is 0 Å². The number of rotatable bonds is 7. The number of hydrogen-bond acceptors (Lipinski definition) is 6. The highest BCUT2D eigenvalue weighted by Gasteiger charge is 2.17. The zero-order valence-corrected chi connectivity index (χ0v) is 12.5. The molecule has 0 radical (unpaired) electrons. The first-order valence-electron chi connectivity index (χ1n) is 7.04. The SMILES string of the molecule is CN(Cc1cnc(N(C)CC(=O)O)nc1)CC1CCOC1. The minimum Gasteiger partial charge on any atom is -0.480 e. The first kappa shape index (κ1) is 15.7. The van der Waals surface area contributed by atoms with Crippen LogP contribution >= 0.6 is 0 Å². The standard InChI is InChI=1S/C14H22N4O3/c1-17(7-11-3-4-21-10-11)8-12-5-15-14(16-6-12)18(2)9-13(19)20/h5-6,11H,3-4,7-10H2,1-2H3,(H,19,20). The number of ether oxygens (including phenoxy) is 1. The van der Waals surface area contributed by atoms with Crippen LogP contribution in [0.25, 0.3) is 0 Å². The fraction of sp³-hybridized carbons (Fsp3) is 0.643. The van der Waals surface area contributed by atoms with E-state index in [-0.39, 0.29) is 6.54 Å². The third-order valence-corrected chi connectivity index (χ3v) is 3.45. The molecule has 0 bridgehead atoms. The zero-order chi connectivity index (χ0) is 15.2. The van der Waals surface area contributed by atoms with Crippen LogP contribution in [0.4, 0.5) is 5.95 Å². The summed E-state index contributed by atoms with van der Waals surface area (Å²) in [5.41, 5.74) is 1.02. The van der Waals surface area contributed by atoms with Crippen LogP contribution < -0.4 is 4.90 Å². The number of carboxylic acid groups (broad SMARTS) is 1. The molecule has 116 valence electrons. The lowest BCUT2D eigenvalue weighted by molar-refractivity contribution is -0.135. The number of aromatic nitrogens is 2. The van der Waals surface area contributed by atoms with Gasteiger partial charge in [0.2, 0.25) is 5.95 Å². The molecular formula is C14H22N4O3. The Labute approximate surface area is 124 Å². The van der Waals surface area contributed by atoms with Gasteiger partial charge in [-0.25, -0.2) is 9.97 Å². The minimum absolute atomic E-state index is 0.110. The van der Waals surface area contributed by atoms with Gasteiger partial charge in [-0.05, 0) is 19.4 Å². The van der Waals surface area contributed by atoms with E-state index in [0.29, 0.717) is 11.9 Å². The Morgan fingerprint density at radius 1 is 1.43 bits per heavy atom. The molecule has 1 aromatic rings. The maximum atomic E-state index is 10.6. The second kappa shape index (κ2) is 7.33. The summed E-state index contributed by atoms with van der Waals surface area (Å²) in [4.78, 5) is 22.8. The number of aliphatic carboxylic acids is 1. The molecule has 1 N–H and O–H groups in total. The van der Waals surface area contributed by atoms with Crippen LogP contribution in [-0.2, 0) is 16.1 Å². The van der Waals surface area contributed by atoms with E-state index >= 15 is 0 Å². The van der Waals surface area contributed by atoms with Crippen LogP contribution in [0.2, 0.25) is 0 Å². The van der Waals surface area contributed by atoms with E-state index < -0.39 is 5.97 Å². The molecule has 1 aliphatic rings. The first-order chi connectivity index (χ1) is 10.0. The van der Waals surface area contributed by atoms with Crippen molar-refractivity contribution in [2.24, 2.45) is 5.92 Å².